The van der Waals surface area contributed by atoms with Crippen LogP contribution in [-0.2, 0) is 16.1 Å². The van der Waals surface area contributed by atoms with E-state index in [0.29, 0.717) is 11.6 Å². The average molecular weight is 357 g/mol. The molecule has 4 nitrogen and oxygen atoms in total. The minimum absolute atomic E-state index is 0.148. The summed E-state index contributed by atoms with van der Waals surface area (Å²) in [6, 6.07) is 12.9. The largest absolute Gasteiger partial charge is 0.290 e. The summed E-state index contributed by atoms with van der Waals surface area (Å²) >= 11 is 6.03. The Morgan fingerprint density at radius 2 is 1.76 bits per heavy atom. The molecular formula is C20H21ClN2O2. The van der Waals surface area contributed by atoms with Crippen LogP contribution in [0.25, 0.3) is 0 Å². The van der Waals surface area contributed by atoms with Crippen LogP contribution in [0, 0.1) is 13.8 Å². The molecule has 1 heterocycles. The molecule has 0 radical (unpaired) electrons. The first-order valence-electron chi connectivity index (χ1n) is 8.26. The zero-order valence-electron chi connectivity index (χ0n) is 14.6. The highest BCUT2D eigenvalue weighted by Crippen LogP contribution is 2.31. The van der Waals surface area contributed by atoms with E-state index in [1.54, 1.807) is 0 Å². The smallest absolute Gasteiger partial charge is 0.251 e. The molecule has 0 saturated carbocycles. The van der Waals surface area contributed by atoms with E-state index in [-0.39, 0.29) is 18.2 Å². The van der Waals surface area contributed by atoms with Crippen molar-refractivity contribution >= 4 is 29.1 Å². The van der Waals surface area contributed by atoms with Gasteiger partial charge in [0.05, 0.1) is 18.2 Å². The number of hydrogen-bond donors (Lipinski definition) is 0. The summed E-state index contributed by atoms with van der Waals surface area (Å²) in [6.07, 6.45) is 0.198. The molecule has 0 unspecified atom stereocenters. The van der Waals surface area contributed by atoms with Crippen LogP contribution in [0.5, 0.6) is 0 Å². The van der Waals surface area contributed by atoms with Gasteiger partial charge >= 0.3 is 0 Å². The first-order chi connectivity index (χ1) is 11.9. The van der Waals surface area contributed by atoms with Crippen molar-refractivity contribution in [2.45, 2.75) is 32.9 Å². The molecule has 1 atom stereocenters. The molecule has 1 saturated heterocycles. The summed E-state index contributed by atoms with van der Waals surface area (Å²) in [5.41, 5.74) is 3.59. The van der Waals surface area contributed by atoms with Crippen molar-refractivity contribution in [1.29, 1.82) is 0 Å². The van der Waals surface area contributed by atoms with Gasteiger partial charge in [-0.05, 0) is 49.7 Å². The highest BCUT2D eigenvalue weighted by atomic mass is 35.5. The first-order valence-corrected chi connectivity index (χ1v) is 8.64. The maximum absolute atomic E-state index is 13.0. The lowest BCUT2D eigenvalue weighted by molar-refractivity contribution is -0.122. The molecule has 1 aliphatic rings. The van der Waals surface area contributed by atoms with Crippen LogP contribution < -0.4 is 4.90 Å². The van der Waals surface area contributed by atoms with Crippen LogP contribution in [0.2, 0.25) is 5.02 Å². The van der Waals surface area contributed by atoms with Crippen molar-refractivity contribution in [3.05, 3.63) is 64.2 Å². The Morgan fingerprint density at radius 1 is 1.12 bits per heavy atom. The Labute approximate surface area is 153 Å². The third-order valence-electron chi connectivity index (χ3n) is 4.64. The number of halogens is 1. The molecule has 1 aliphatic heterocycles. The van der Waals surface area contributed by atoms with Crippen LogP contribution in [-0.4, -0.2) is 29.8 Å². The lowest BCUT2D eigenvalue weighted by atomic mass is 10.1. The van der Waals surface area contributed by atoms with Gasteiger partial charge in [-0.1, -0.05) is 41.9 Å². The second kappa shape index (κ2) is 6.98. The number of aryl methyl sites for hydroxylation is 2. The highest BCUT2D eigenvalue weighted by molar-refractivity contribution is 6.30. The van der Waals surface area contributed by atoms with Crippen molar-refractivity contribution in [3.63, 3.8) is 0 Å². The van der Waals surface area contributed by atoms with Crippen LogP contribution in [0.4, 0.5) is 5.69 Å². The van der Waals surface area contributed by atoms with Crippen LogP contribution in [0.3, 0.4) is 0 Å². The number of anilines is 1. The Balaban J connectivity index is 1.83. The van der Waals surface area contributed by atoms with E-state index >= 15 is 0 Å². The molecule has 130 valence electrons. The van der Waals surface area contributed by atoms with Gasteiger partial charge in [0.25, 0.3) is 5.91 Å². The zero-order valence-corrected chi connectivity index (χ0v) is 15.4. The molecule has 0 spiro atoms. The van der Waals surface area contributed by atoms with Crippen molar-refractivity contribution < 1.29 is 9.59 Å². The maximum Gasteiger partial charge on any atom is 0.251 e. The number of nitrogens with zero attached hydrogens (tertiary/aromatic N) is 2. The summed E-state index contributed by atoms with van der Waals surface area (Å²) in [5.74, 6) is -0.308. The molecule has 5 heteroatoms. The van der Waals surface area contributed by atoms with E-state index in [4.69, 9.17) is 11.6 Å². The third kappa shape index (κ3) is 3.46. The molecule has 2 amide bonds. The summed E-state index contributed by atoms with van der Waals surface area (Å²) < 4.78 is 0. The van der Waals surface area contributed by atoms with Crippen molar-refractivity contribution in [2.24, 2.45) is 0 Å². The Morgan fingerprint density at radius 3 is 2.40 bits per heavy atom. The Hall–Kier alpha value is -2.17. The zero-order chi connectivity index (χ0) is 18.1. The fourth-order valence-electron chi connectivity index (χ4n) is 3.39. The van der Waals surface area contributed by atoms with E-state index in [1.807, 2.05) is 68.3 Å². The van der Waals surface area contributed by atoms with E-state index in [9.17, 15) is 9.59 Å². The Bertz CT molecular complexity index is 814. The summed E-state index contributed by atoms with van der Waals surface area (Å²) in [7, 11) is 1.87. The highest BCUT2D eigenvalue weighted by Gasteiger charge is 2.42. The molecule has 2 aromatic rings. The topological polar surface area (TPSA) is 40.6 Å². The van der Waals surface area contributed by atoms with Gasteiger partial charge in [0.2, 0.25) is 5.91 Å². The number of likely N-dealkylation sites (N-methyl/N-ethyl adjacent to an activating group) is 1. The molecule has 0 bridgehead atoms. The molecule has 0 aromatic heterocycles. The molecule has 25 heavy (non-hydrogen) atoms. The van der Waals surface area contributed by atoms with Gasteiger partial charge in [0.15, 0.2) is 0 Å². The van der Waals surface area contributed by atoms with Crippen molar-refractivity contribution in [2.75, 3.05) is 11.9 Å². The number of benzene rings is 2. The second-order valence-corrected chi connectivity index (χ2v) is 7.01. The Kier molecular flexibility index (Phi) is 4.93. The van der Waals surface area contributed by atoms with E-state index in [2.05, 4.69) is 0 Å². The predicted octanol–water partition coefficient (Wildman–Crippen LogP) is 3.72. The summed E-state index contributed by atoms with van der Waals surface area (Å²) in [6.45, 7) is 4.41. The maximum atomic E-state index is 13.0. The van der Waals surface area contributed by atoms with Crippen molar-refractivity contribution in [1.82, 2.24) is 4.90 Å². The van der Waals surface area contributed by atoms with Gasteiger partial charge < -0.3 is 0 Å². The quantitative estimate of drug-likeness (QED) is 0.784. The van der Waals surface area contributed by atoms with Gasteiger partial charge in [-0.15, -0.1) is 0 Å². The number of amides is 2. The SMILES string of the molecule is Cc1cccc(C)c1N1C(=O)C[C@H](N(C)Cc2cccc(Cl)c2)C1=O. The number of para-hydroxylation sites is 1. The lowest BCUT2D eigenvalue weighted by Crippen LogP contribution is -2.40. The summed E-state index contributed by atoms with van der Waals surface area (Å²) in [4.78, 5) is 28.8. The van der Waals surface area contributed by atoms with E-state index in [0.717, 1.165) is 22.4 Å². The van der Waals surface area contributed by atoms with Gasteiger partial charge in [0, 0.05) is 11.6 Å². The van der Waals surface area contributed by atoms with Gasteiger partial charge in [-0.2, -0.15) is 0 Å². The molecule has 0 aliphatic carbocycles. The van der Waals surface area contributed by atoms with Gasteiger partial charge in [-0.25, -0.2) is 4.90 Å². The monoisotopic (exact) mass is 356 g/mol. The number of carbonyl (C=O) groups excluding carboxylic acids is 2. The van der Waals surface area contributed by atoms with Gasteiger partial charge in [-0.3, -0.25) is 14.5 Å². The standard InChI is InChI=1S/C20H21ClN2O2/c1-13-6-4-7-14(2)19(13)23-18(24)11-17(20(23)25)22(3)12-15-8-5-9-16(21)10-15/h4-10,17H,11-12H2,1-3H3/t17-/m0/s1. The average Bonchev–Trinajstić information content (AvgIpc) is 2.83. The third-order valence-corrected chi connectivity index (χ3v) is 4.87. The molecule has 0 N–H and O–H groups in total. The number of hydrogen-bond acceptors (Lipinski definition) is 3. The summed E-state index contributed by atoms with van der Waals surface area (Å²) in [5, 5.41) is 0.664. The minimum Gasteiger partial charge on any atom is -0.290 e. The van der Waals surface area contributed by atoms with Crippen LogP contribution in [0.15, 0.2) is 42.5 Å². The fraction of sp³-hybridized carbons (Fsp3) is 0.300. The number of carbonyl (C=O) groups is 2. The molecule has 1 fully saturated rings. The van der Waals surface area contributed by atoms with E-state index < -0.39 is 6.04 Å². The fourth-order valence-corrected chi connectivity index (χ4v) is 3.60. The van der Waals surface area contributed by atoms with Crippen LogP contribution in [0.1, 0.15) is 23.1 Å². The molecule has 3 rings (SSSR count). The number of imide groups is 1. The predicted molar refractivity (Wildman–Crippen MR) is 99.7 cm³/mol. The molecular weight excluding hydrogens is 336 g/mol. The van der Waals surface area contributed by atoms with E-state index in [1.165, 1.54) is 4.90 Å². The van der Waals surface area contributed by atoms with Gasteiger partial charge in [0.1, 0.15) is 0 Å². The normalized spacial score (nSPS) is 17.6. The molecule has 2 aromatic carbocycles. The number of rotatable bonds is 4. The lowest BCUT2D eigenvalue weighted by Gasteiger charge is -2.24. The first kappa shape index (κ1) is 17.6. The van der Waals surface area contributed by atoms with Crippen molar-refractivity contribution in [3.8, 4) is 0 Å². The van der Waals surface area contributed by atoms with Crippen LogP contribution >= 0.6 is 11.6 Å². The minimum atomic E-state index is -0.453. The second-order valence-electron chi connectivity index (χ2n) is 6.57.